The molecule has 0 heterocycles. The van der Waals surface area contributed by atoms with Gasteiger partial charge in [-0.05, 0) is 26.0 Å². The third-order valence-corrected chi connectivity index (χ3v) is 1.53. The van der Waals surface area contributed by atoms with E-state index in [1.54, 1.807) is 6.07 Å². The average Bonchev–Trinajstić information content (AvgIpc) is 1.98. The summed E-state index contributed by atoms with van der Waals surface area (Å²) in [6, 6.07) is 5.56. The maximum absolute atomic E-state index is 9.31. The largest absolute Gasteiger partial charge is 0.507 e. The zero-order valence-corrected chi connectivity index (χ0v) is 6.83. The number of allylic oxidation sites excluding steroid dienone is 1. The number of benzene rings is 1. The van der Waals surface area contributed by atoms with Crippen LogP contribution in [-0.2, 0) is 0 Å². The maximum Gasteiger partial charge on any atom is 0.122 e. The van der Waals surface area contributed by atoms with Crippen LogP contribution in [0.4, 0.5) is 0 Å². The molecule has 0 radical (unpaired) electrons. The van der Waals surface area contributed by atoms with Crippen LogP contribution in [-0.4, -0.2) is 5.11 Å². The van der Waals surface area contributed by atoms with E-state index in [9.17, 15) is 5.11 Å². The van der Waals surface area contributed by atoms with Crippen LogP contribution in [0.5, 0.6) is 5.75 Å². The van der Waals surface area contributed by atoms with Crippen molar-refractivity contribution < 1.29 is 5.11 Å². The number of phenolic OH excluding ortho intramolecular Hbond substituents is 1. The molecule has 1 heteroatoms. The fraction of sp³-hybridized carbons (Fsp3) is 0.200. The van der Waals surface area contributed by atoms with Gasteiger partial charge < -0.3 is 5.11 Å². The first kappa shape index (κ1) is 7.86. The standard InChI is InChI=1S/C10H12O/c1-3-4-9-7-8(2)5-6-10(9)11/h3-7,11H,1-2H3. The predicted molar refractivity (Wildman–Crippen MR) is 47.6 cm³/mol. The molecule has 1 nitrogen and oxygen atoms in total. The quantitative estimate of drug-likeness (QED) is 0.649. The molecule has 0 aliphatic carbocycles. The minimum Gasteiger partial charge on any atom is -0.507 e. The number of hydrogen-bond acceptors (Lipinski definition) is 1. The Morgan fingerprint density at radius 3 is 2.73 bits per heavy atom. The van der Waals surface area contributed by atoms with Gasteiger partial charge in [0.25, 0.3) is 0 Å². The molecule has 0 aromatic heterocycles. The van der Waals surface area contributed by atoms with Gasteiger partial charge >= 0.3 is 0 Å². The molecule has 1 rings (SSSR count). The lowest BCUT2D eigenvalue weighted by molar-refractivity contribution is 0.474. The molecule has 0 amide bonds. The van der Waals surface area contributed by atoms with Gasteiger partial charge in [-0.1, -0.05) is 23.8 Å². The van der Waals surface area contributed by atoms with Crippen molar-refractivity contribution in [3.05, 3.63) is 35.4 Å². The highest BCUT2D eigenvalue weighted by Crippen LogP contribution is 2.19. The minimum atomic E-state index is 0.341. The Hall–Kier alpha value is -1.24. The highest BCUT2D eigenvalue weighted by molar-refractivity contribution is 5.57. The van der Waals surface area contributed by atoms with Gasteiger partial charge in [0, 0.05) is 5.56 Å². The first-order valence-corrected chi connectivity index (χ1v) is 3.66. The molecule has 0 fully saturated rings. The molecule has 0 aliphatic heterocycles. The molecule has 1 aromatic rings. The first-order chi connectivity index (χ1) is 5.24. The van der Waals surface area contributed by atoms with Crippen molar-refractivity contribution in [2.75, 3.05) is 0 Å². The molecule has 0 aliphatic rings. The number of hydrogen-bond donors (Lipinski definition) is 1. The van der Waals surface area contributed by atoms with E-state index in [0.717, 1.165) is 11.1 Å². The van der Waals surface area contributed by atoms with Gasteiger partial charge in [0.1, 0.15) is 5.75 Å². The lowest BCUT2D eigenvalue weighted by Crippen LogP contribution is -1.76. The second-order valence-corrected chi connectivity index (χ2v) is 2.56. The summed E-state index contributed by atoms with van der Waals surface area (Å²) in [7, 11) is 0. The summed E-state index contributed by atoms with van der Waals surface area (Å²) in [5.74, 6) is 0.341. The minimum absolute atomic E-state index is 0.341. The average molecular weight is 148 g/mol. The van der Waals surface area contributed by atoms with Crippen LogP contribution in [0.25, 0.3) is 6.08 Å². The molecule has 0 saturated carbocycles. The van der Waals surface area contributed by atoms with Crippen LogP contribution in [0, 0.1) is 6.92 Å². The fourth-order valence-electron chi connectivity index (χ4n) is 0.987. The molecule has 1 aromatic carbocycles. The fourth-order valence-corrected chi connectivity index (χ4v) is 0.987. The number of aromatic hydroxyl groups is 1. The van der Waals surface area contributed by atoms with E-state index in [1.807, 2.05) is 38.1 Å². The highest BCUT2D eigenvalue weighted by Gasteiger charge is 1.94. The van der Waals surface area contributed by atoms with Crippen molar-refractivity contribution in [3.63, 3.8) is 0 Å². The van der Waals surface area contributed by atoms with Crippen LogP contribution >= 0.6 is 0 Å². The van der Waals surface area contributed by atoms with E-state index in [-0.39, 0.29) is 0 Å². The Balaban J connectivity index is 3.12. The van der Waals surface area contributed by atoms with Crippen LogP contribution in [0.15, 0.2) is 24.3 Å². The van der Waals surface area contributed by atoms with Crippen LogP contribution in [0.1, 0.15) is 18.1 Å². The van der Waals surface area contributed by atoms with E-state index >= 15 is 0 Å². The van der Waals surface area contributed by atoms with Crippen LogP contribution < -0.4 is 0 Å². The number of phenols is 1. The normalized spacial score (nSPS) is 10.7. The molecular weight excluding hydrogens is 136 g/mol. The van der Waals surface area contributed by atoms with Gasteiger partial charge in [0.2, 0.25) is 0 Å². The number of aryl methyl sites for hydroxylation is 1. The third-order valence-electron chi connectivity index (χ3n) is 1.53. The lowest BCUT2D eigenvalue weighted by atomic mass is 10.1. The Kier molecular flexibility index (Phi) is 2.32. The molecule has 0 spiro atoms. The van der Waals surface area contributed by atoms with Gasteiger partial charge in [-0.3, -0.25) is 0 Å². The second-order valence-electron chi connectivity index (χ2n) is 2.56. The van der Waals surface area contributed by atoms with E-state index in [4.69, 9.17) is 0 Å². The molecule has 58 valence electrons. The summed E-state index contributed by atoms with van der Waals surface area (Å²) in [5, 5.41) is 9.31. The van der Waals surface area contributed by atoms with Gasteiger partial charge in [-0.15, -0.1) is 0 Å². The summed E-state index contributed by atoms with van der Waals surface area (Å²) in [4.78, 5) is 0. The van der Waals surface area contributed by atoms with E-state index < -0.39 is 0 Å². The summed E-state index contributed by atoms with van der Waals surface area (Å²) in [6.45, 7) is 3.94. The monoisotopic (exact) mass is 148 g/mol. The summed E-state index contributed by atoms with van der Waals surface area (Å²) < 4.78 is 0. The van der Waals surface area contributed by atoms with Crippen molar-refractivity contribution >= 4 is 6.08 Å². The lowest BCUT2D eigenvalue weighted by Gasteiger charge is -1.99. The predicted octanol–water partition coefficient (Wildman–Crippen LogP) is 2.73. The topological polar surface area (TPSA) is 20.2 Å². The molecule has 11 heavy (non-hydrogen) atoms. The van der Waals surface area contributed by atoms with Crippen molar-refractivity contribution in [2.24, 2.45) is 0 Å². The van der Waals surface area contributed by atoms with E-state index in [1.165, 1.54) is 0 Å². The molecular formula is C10H12O. The molecule has 0 saturated heterocycles. The smallest absolute Gasteiger partial charge is 0.122 e. The van der Waals surface area contributed by atoms with Crippen LogP contribution in [0.3, 0.4) is 0 Å². The van der Waals surface area contributed by atoms with E-state index in [0.29, 0.717) is 5.75 Å². The zero-order chi connectivity index (χ0) is 8.27. The molecule has 0 atom stereocenters. The summed E-state index contributed by atoms with van der Waals surface area (Å²) in [5.41, 5.74) is 2.04. The summed E-state index contributed by atoms with van der Waals surface area (Å²) >= 11 is 0. The van der Waals surface area contributed by atoms with Crippen LogP contribution in [0.2, 0.25) is 0 Å². The van der Waals surface area contributed by atoms with Gasteiger partial charge in [0.15, 0.2) is 0 Å². The van der Waals surface area contributed by atoms with Gasteiger partial charge in [0.05, 0.1) is 0 Å². The Bertz CT molecular complexity index is 274. The van der Waals surface area contributed by atoms with Crippen molar-refractivity contribution in [1.29, 1.82) is 0 Å². The first-order valence-electron chi connectivity index (χ1n) is 3.66. The molecule has 0 bridgehead atoms. The summed E-state index contributed by atoms with van der Waals surface area (Å²) in [6.07, 6.45) is 3.80. The van der Waals surface area contributed by atoms with Gasteiger partial charge in [-0.2, -0.15) is 0 Å². The highest BCUT2D eigenvalue weighted by atomic mass is 16.3. The van der Waals surface area contributed by atoms with Gasteiger partial charge in [-0.25, -0.2) is 0 Å². The third kappa shape index (κ3) is 1.84. The number of rotatable bonds is 1. The van der Waals surface area contributed by atoms with Crippen molar-refractivity contribution in [2.45, 2.75) is 13.8 Å². The Morgan fingerprint density at radius 1 is 1.36 bits per heavy atom. The molecule has 0 unspecified atom stereocenters. The van der Waals surface area contributed by atoms with E-state index in [2.05, 4.69) is 0 Å². The Labute approximate surface area is 67.0 Å². The Morgan fingerprint density at radius 2 is 2.09 bits per heavy atom. The molecule has 1 N–H and O–H groups in total. The van der Waals surface area contributed by atoms with Crippen molar-refractivity contribution in [1.82, 2.24) is 0 Å². The SMILES string of the molecule is CC=Cc1cc(C)ccc1O. The van der Waals surface area contributed by atoms with Crippen molar-refractivity contribution in [3.8, 4) is 5.75 Å². The maximum atomic E-state index is 9.31. The second kappa shape index (κ2) is 3.24. The zero-order valence-electron chi connectivity index (χ0n) is 6.83.